The van der Waals surface area contributed by atoms with E-state index in [1.165, 1.54) is 6.07 Å². The SMILES string of the molecule is CCOc1cccc(F)c1CN1CCN(C(=O)[C@H](N)C2CCN(CCc3cc(Cl)ccc3-c3c(OC)cccc3OC)CC2)CC1. The van der Waals surface area contributed by atoms with E-state index < -0.39 is 6.04 Å². The van der Waals surface area contributed by atoms with E-state index in [4.69, 9.17) is 31.5 Å². The third-order valence-electron chi connectivity index (χ3n) is 9.33. The number of carbonyl (C=O) groups is 1. The second kappa shape index (κ2) is 16.0. The molecule has 3 aromatic carbocycles. The molecule has 46 heavy (non-hydrogen) atoms. The zero-order chi connectivity index (χ0) is 32.6. The van der Waals surface area contributed by atoms with Crippen LogP contribution in [0.4, 0.5) is 4.39 Å². The quantitative estimate of drug-likeness (QED) is 0.277. The highest BCUT2D eigenvalue weighted by atomic mass is 35.5. The van der Waals surface area contributed by atoms with Gasteiger partial charge >= 0.3 is 0 Å². The van der Waals surface area contributed by atoms with Gasteiger partial charge in [-0.1, -0.05) is 29.8 Å². The maximum atomic E-state index is 14.6. The van der Waals surface area contributed by atoms with Crippen LogP contribution in [0.3, 0.4) is 0 Å². The summed E-state index contributed by atoms with van der Waals surface area (Å²) in [4.78, 5) is 19.9. The van der Waals surface area contributed by atoms with Crippen molar-refractivity contribution in [1.29, 1.82) is 0 Å². The molecule has 0 saturated carbocycles. The van der Waals surface area contributed by atoms with Gasteiger partial charge in [-0.05, 0) is 92.7 Å². The number of ether oxygens (including phenoxy) is 3. The molecule has 2 aliphatic rings. The van der Waals surface area contributed by atoms with Crippen LogP contribution in [-0.4, -0.2) is 93.3 Å². The number of rotatable bonds is 12. The molecule has 248 valence electrons. The fraction of sp³-hybridized carbons (Fsp3) is 0.472. The predicted molar refractivity (Wildman–Crippen MR) is 180 cm³/mol. The average Bonchev–Trinajstić information content (AvgIpc) is 3.08. The molecule has 3 aromatic rings. The lowest BCUT2D eigenvalue weighted by Gasteiger charge is -2.39. The number of halogens is 2. The monoisotopic (exact) mass is 652 g/mol. The highest BCUT2D eigenvalue weighted by molar-refractivity contribution is 6.30. The Balaban J connectivity index is 1.12. The van der Waals surface area contributed by atoms with E-state index in [0.717, 1.165) is 67.1 Å². The van der Waals surface area contributed by atoms with Crippen molar-refractivity contribution in [2.24, 2.45) is 11.7 Å². The minimum Gasteiger partial charge on any atom is -0.496 e. The normalized spacial score (nSPS) is 17.1. The number of piperidine rings is 1. The highest BCUT2D eigenvalue weighted by Gasteiger charge is 2.33. The molecule has 2 heterocycles. The van der Waals surface area contributed by atoms with Crippen molar-refractivity contribution < 1.29 is 23.4 Å². The number of hydrogen-bond acceptors (Lipinski definition) is 7. The van der Waals surface area contributed by atoms with Crippen molar-refractivity contribution >= 4 is 17.5 Å². The first-order valence-electron chi connectivity index (χ1n) is 16.2. The predicted octanol–water partition coefficient (Wildman–Crippen LogP) is 5.49. The number of nitrogens with zero attached hydrogens (tertiary/aromatic N) is 3. The maximum absolute atomic E-state index is 14.6. The summed E-state index contributed by atoms with van der Waals surface area (Å²) < 4.78 is 31.6. The summed E-state index contributed by atoms with van der Waals surface area (Å²) in [6, 6.07) is 16.2. The number of likely N-dealkylation sites (tertiary alicyclic amines) is 1. The largest absolute Gasteiger partial charge is 0.496 e. The van der Waals surface area contributed by atoms with Gasteiger partial charge in [0.2, 0.25) is 5.91 Å². The molecule has 2 aliphatic heterocycles. The van der Waals surface area contributed by atoms with E-state index in [0.29, 0.717) is 55.7 Å². The molecule has 10 heteroatoms. The van der Waals surface area contributed by atoms with Crippen LogP contribution in [0, 0.1) is 11.7 Å². The highest BCUT2D eigenvalue weighted by Crippen LogP contribution is 2.41. The first-order valence-corrected chi connectivity index (χ1v) is 16.6. The number of hydrogen-bond donors (Lipinski definition) is 1. The Morgan fingerprint density at radius 1 is 0.935 bits per heavy atom. The van der Waals surface area contributed by atoms with Gasteiger partial charge in [0.05, 0.1) is 32.4 Å². The summed E-state index contributed by atoms with van der Waals surface area (Å²) in [7, 11) is 3.33. The van der Waals surface area contributed by atoms with E-state index in [1.807, 2.05) is 48.2 Å². The lowest BCUT2D eigenvalue weighted by molar-refractivity contribution is -0.136. The number of amides is 1. The molecule has 2 saturated heterocycles. The second-order valence-corrected chi connectivity index (χ2v) is 12.5. The first kappa shape index (κ1) is 34.0. The van der Waals surface area contributed by atoms with Crippen LogP contribution >= 0.6 is 11.6 Å². The lowest BCUT2D eigenvalue weighted by Crippen LogP contribution is -2.55. The Morgan fingerprint density at radius 2 is 1.59 bits per heavy atom. The smallest absolute Gasteiger partial charge is 0.239 e. The molecule has 1 atom stereocenters. The maximum Gasteiger partial charge on any atom is 0.239 e. The molecule has 0 bridgehead atoms. The Hall–Kier alpha value is -3.37. The number of methoxy groups -OCH3 is 2. The molecule has 0 spiro atoms. The molecule has 5 rings (SSSR count). The molecule has 2 N–H and O–H groups in total. The number of nitrogens with two attached hydrogens (primary N) is 1. The summed E-state index contributed by atoms with van der Waals surface area (Å²) in [6.07, 6.45) is 2.57. The van der Waals surface area contributed by atoms with Gasteiger partial charge < -0.3 is 29.7 Å². The van der Waals surface area contributed by atoms with Crippen LogP contribution in [-0.2, 0) is 17.8 Å². The molecule has 2 fully saturated rings. The van der Waals surface area contributed by atoms with Crippen LogP contribution in [0.5, 0.6) is 17.2 Å². The van der Waals surface area contributed by atoms with Crippen LogP contribution in [0.25, 0.3) is 11.1 Å². The van der Waals surface area contributed by atoms with Crippen molar-refractivity contribution in [2.45, 2.75) is 38.8 Å². The van der Waals surface area contributed by atoms with E-state index in [2.05, 4.69) is 9.80 Å². The minimum atomic E-state index is -0.512. The van der Waals surface area contributed by atoms with Gasteiger partial charge in [-0.2, -0.15) is 0 Å². The van der Waals surface area contributed by atoms with Crippen LogP contribution in [0.1, 0.15) is 30.9 Å². The topological polar surface area (TPSA) is 80.5 Å². The Bertz CT molecular complexity index is 1450. The first-order chi connectivity index (χ1) is 22.3. The molecule has 1 amide bonds. The minimum absolute atomic E-state index is 0.0216. The Morgan fingerprint density at radius 3 is 2.24 bits per heavy atom. The lowest BCUT2D eigenvalue weighted by atomic mass is 9.88. The van der Waals surface area contributed by atoms with Crippen molar-refractivity contribution in [3.63, 3.8) is 0 Å². The summed E-state index contributed by atoms with van der Waals surface area (Å²) in [5.74, 6) is 2.00. The van der Waals surface area contributed by atoms with Gasteiger partial charge in [-0.25, -0.2) is 4.39 Å². The third kappa shape index (κ3) is 7.94. The standard InChI is InChI=1S/C36H46ClFN4O4/c1-4-46-31-8-5-7-30(38)29(31)24-41-19-21-42(22-20-41)36(43)35(39)25-13-16-40(17-14-25)18-15-26-23-27(37)11-12-28(26)34-32(44-2)9-6-10-33(34)45-3/h5-12,23,25,35H,4,13-22,24,39H2,1-3H3/t35-/m1/s1. The van der Waals surface area contributed by atoms with E-state index in [-0.39, 0.29) is 17.6 Å². The number of carbonyl (C=O) groups excluding carboxylic acids is 1. The molecule has 0 aromatic heterocycles. The van der Waals surface area contributed by atoms with Crippen molar-refractivity contribution in [1.82, 2.24) is 14.7 Å². The Labute approximate surface area is 277 Å². The molecular weight excluding hydrogens is 607 g/mol. The van der Waals surface area contributed by atoms with Crippen LogP contribution in [0.15, 0.2) is 54.6 Å². The fourth-order valence-corrected chi connectivity index (χ4v) is 6.88. The number of benzene rings is 3. The van der Waals surface area contributed by atoms with Gasteiger partial charge in [0, 0.05) is 49.9 Å². The van der Waals surface area contributed by atoms with Crippen molar-refractivity contribution in [3.8, 4) is 28.4 Å². The van der Waals surface area contributed by atoms with Crippen molar-refractivity contribution in [2.75, 3.05) is 66.6 Å². The van der Waals surface area contributed by atoms with Gasteiger partial charge in [0.1, 0.15) is 23.1 Å². The fourth-order valence-electron chi connectivity index (χ4n) is 6.69. The summed E-state index contributed by atoms with van der Waals surface area (Å²) in [6.45, 7) is 7.99. The van der Waals surface area contributed by atoms with Gasteiger partial charge in [-0.15, -0.1) is 0 Å². The Kier molecular flexibility index (Phi) is 11.8. The van der Waals surface area contributed by atoms with E-state index >= 15 is 0 Å². The summed E-state index contributed by atoms with van der Waals surface area (Å²) in [5, 5.41) is 0.694. The van der Waals surface area contributed by atoms with Gasteiger partial charge in [-0.3, -0.25) is 9.69 Å². The third-order valence-corrected chi connectivity index (χ3v) is 9.56. The zero-order valence-corrected chi connectivity index (χ0v) is 27.9. The van der Waals surface area contributed by atoms with E-state index in [1.54, 1.807) is 26.4 Å². The van der Waals surface area contributed by atoms with Crippen LogP contribution < -0.4 is 19.9 Å². The zero-order valence-electron chi connectivity index (χ0n) is 27.1. The van der Waals surface area contributed by atoms with E-state index in [9.17, 15) is 9.18 Å². The van der Waals surface area contributed by atoms with Crippen LogP contribution in [0.2, 0.25) is 5.02 Å². The molecular formula is C36H46ClFN4O4. The summed E-state index contributed by atoms with van der Waals surface area (Å²) in [5.41, 5.74) is 10.3. The molecule has 0 unspecified atom stereocenters. The summed E-state index contributed by atoms with van der Waals surface area (Å²) >= 11 is 6.44. The van der Waals surface area contributed by atoms with Gasteiger partial charge in [0.15, 0.2) is 0 Å². The van der Waals surface area contributed by atoms with Crippen molar-refractivity contribution in [3.05, 3.63) is 76.6 Å². The second-order valence-electron chi connectivity index (χ2n) is 12.0. The average molecular weight is 653 g/mol. The molecule has 0 radical (unpaired) electrons. The number of piperazine rings is 1. The van der Waals surface area contributed by atoms with Gasteiger partial charge in [0.25, 0.3) is 0 Å². The molecule has 8 nitrogen and oxygen atoms in total. The molecule has 0 aliphatic carbocycles.